The lowest BCUT2D eigenvalue weighted by Gasteiger charge is -2.00. The average molecular weight is 292 g/mol. The predicted octanol–water partition coefficient (Wildman–Crippen LogP) is 2.17. The molecule has 6 nitrogen and oxygen atoms in total. The molecule has 4 aromatic heterocycles. The topological polar surface area (TPSA) is 60.4 Å². The summed E-state index contributed by atoms with van der Waals surface area (Å²) in [6, 6.07) is 6.12. The predicted molar refractivity (Wildman–Crippen MR) is 82.9 cm³/mol. The van der Waals surface area contributed by atoms with Crippen molar-refractivity contribution in [3.05, 3.63) is 59.6 Å². The minimum absolute atomic E-state index is 0.869. The van der Waals surface area contributed by atoms with E-state index in [-0.39, 0.29) is 0 Å². The van der Waals surface area contributed by atoms with Crippen LogP contribution in [0.5, 0.6) is 0 Å². The molecule has 110 valence electrons. The molecule has 0 N–H and O–H groups in total. The maximum absolute atomic E-state index is 4.55. The lowest BCUT2D eigenvalue weighted by atomic mass is 10.1. The highest BCUT2D eigenvalue weighted by molar-refractivity contribution is 5.47. The second-order valence-electron chi connectivity index (χ2n) is 5.59. The number of hydrogen-bond acceptors (Lipinski definition) is 4. The van der Waals surface area contributed by atoms with Crippen LogP contribution in [0.15, 0.2) is 36.9 Å². The van der Waals surface area contributed by atoms with Gasteiger partial charge in [0.25, 0.3) is 0 Å². The Morgan fingerprint density at radius 3 is 2.73 bits per heavy atom. The molecule has 0 unspecified atom stereocenters. The molecule has 0 bridgehead atoms. The van der Waals surface area contributed by atoms with Crippen molar-refractivity contribution in [1.29, 1.82) is 0 Å². The third-order valence-corrected chi connectivity index (χ3v) is 3.70. The highest BCUT2D eigenvalue weighted by Gasteiger charge is 2.05. The van der Waals surface area contributed by atoms with Gasteiger partial charge < -0.3 is 0 Å². The number of rotatable bonds is 3. The molecule has 0 aliphatic heterocycles. The molecule has 0 radical (unpaired) electrons. The SMILES string of the molecule is Cc1cc2cc(CCc3cnc4cc(C)nn4c3)nn2cn1. The van der Waals surface area contributed by atoms with Gasteiger partial charge in [0.2, 0.25) is 0 Å². The van der Waals surface area contributed by atoms with Gasteiger partial charge in [-0.3, -0.25) is 0 Å². The monoisotopic (exact) mass is 292 g/mol. The van der Waals surface area contributed by atoms with Gasteiger partial charge in [-0.25, -0.2) is 19.0 Å². The Morgan fingerprint density at radius 2 is 1.82 bits per heavy atom. The average Bonchev–Trinajstić information content (AvgIpc) is 3.05. The first-order chi connectivity index (χ1) is 10.7. The maximum Gasteiger partial charge on any atom is 0.155 e. The second kappa shape index (κ2) is 4.91. The summed E-state index contributed by atoms with van der Waals surface area (Å²) in [4.78, 5) is 8.69. The summed E-state index contributed by atoms with van der Waals surface area (Å²) < 4.78 is 3.66. The van der Waals surface area contributed by atoms with E-state index in [1.807, 2.05) is 47.4 Å². The molecule has 0 spiro atoms. The molecule has 4 heterocycles. The van der Waals surface area contributed by atoms with Gasteiger partial charge in [-0.1, -0.05) is 0 Å². The molecule has 0 fully saturated rings. The minimum Gasteiger partial charge on any atom is -0.242 e. The van der Waals surface area contributed by atoms with E-state index < -0.39 is 0 Å². The van der Waals surface area contributed by atoms with Gasteiger partial charge in [0.15, 0.2) is 5.65 Å². The lowest BCUT2D eigenvalue weighted by Crippen LogP contribution is -1.98. The van der Waals surface area contributed by atoms with Crippen LogP contribution < -0.4 is 0 Å². The van der Waals surface area contributed by atoms with Crippen LogP contribution in [0.4, 0.5) is 0 Å². The molecule has 0 aromatic carbocycles. The van der Waals surface area contributed by atoms with Crippen molar-refractivity contribution in [2.45, 2.75) is 26.7 Å². The van der Waals surface area contributed by atoms with E-state index in [2.05, 4.69) is 26.2 Å². The van der Waals surface area contributed by atoms with Gasteiger partial charge in [-0.2, -0.15) is 10.2 Å². The fourth-order valence-corrected chi connectivity index (χ4v) is 2.62. The standard InChI is InChI=1S/C16H16N6/c1-11-5-15-7-14(20-22(15)10-18-11)4-3-13-8-17-16-6-12(2)19-21(16)9-13/h5-10H,3-4H2,1-2H3. The Morgan fingerprint density at radius 1 is 0.909 bits per heavy atom. The summed E-state index contributed by atoms with van der Waals surface area (Å²) in [5.41, 5.74) is 6.16. The summed E-state index contributed by atoms with van der Waals surface area (Å²) in [6.45, 7) is 3.96. The van der Waals surface area contributed by atoms with Gasteiger partial charge >= 0.3 is 0 Å². The number of nitrogens with zero attached hydrogens (tertiary/aromatic N) is 6. The zero-order chi connectivity index (χ0) is 15.1. The van der Waals surface area contributed by atoms with Crippen LogP contribution in [0, 0.1) is 13.8 Å². The Hall–Kier alpha value is -2.76. The summed E-state index contributed by atoms with van der Waals surface area (Å²) in [5.74, 6) is 0. The van der Waals surface area contributed by atoms with Crippen LogP contribution in [0.25, 0.3) is 11.2 Å². The molecular weight excluding hydrogens is 276 g/mol. The quantitative estimate of drug-likeness (QED) is 0.580. The second-order valence-corrected chi connectivity index (χ2v) is 5.59. The Labute approximate surface area is 127 Å². The van der Waals surface area contributed by atoms with E-state index in [1.165, 1.54) is 0 Å². The zero-order valence-corrected chi connectivity index (χ0v) is 12.6. The van der Waals surface area contributed by atoms with E-state index in [1.54, 1.807) is 6.33 Å². The highest BCUT2D eigenvalue weighted by atomic mass is 15.2. The van der Waals surface area contributed by atoms with Crippen LogP contribution in [-0.2, 0) is 12.8 Å². The molecule has 4 aromatic rings. The third-order valence-electron chi connectivity index (χ3n) is 3.70. The van der Waals surface area contributed by atoms with Crippen LogP contribution in [0.2, 0.25) is 0 Å². The smallest absolute Gasteiger partial charge is 0.155 e. The first kappa shape index (κ1) is 12.9. The highest BCUT2D eigenvalue weighted by Crippen LogP contribution is 2.11. The Balaban J connectivity index is 1.56. The lowest BCUT2D eigenvalue weighted by molar-refractivity contribution is 0.822. The summed E-state index contributed by atoms with van der Waals surface area (Å²) >= 11 is 0. The summed E-state index contributed by atoms with van der Waals surface area (Å²) in [5, 5.41) is 8.95. The van der Waals surface area contributed by atoms with Crippen LogP contribution in [-0.4, -0.2) is 29.2 Å². The van der Waals surface area contributed by atoms with Crippen molar-refractivity contribution in [3.8, 4) is 0 Å². The van der Waals surface area contributed by atoms with Crippen molar-refractivity contribution in [2.75, 3.05) is 0 Å². The van der Waals surface area contributed by atoms with Crippen LogP contribution in [0.3, 0.4) is 0 Å². The fourth-order valence-electron chi connectivity index (χ4n) is 2.62. The molecule has 0 aliphatic rings. The van der Waals surface area contributed by atoms with Gasteiger partial charge in [0, 0.05) is 24.2 Å². The maximum atomic E-state index is 4.55. The van der Waals surface area contributed by atoms with Crippen LogP contribution in [0.1, 0.15) is 22.6 Å². The molecule has 0 atom stereocenters. The largest absolute Gasteiger partial charge is 0.242 e. The molecule has 0 saturated carbocycles. The van der Waals surface area contributed by atoms with Crippen LogP contribution >= 0.6 is 0 Å². The van der Waals surface area contributed by atoms with Gasteiger partial charge in [0.05, 0.1) is 16.9 Å². The van der Waals surface area contributed by atoms with Crippen molar-refractivity contribution < 1.29 is 0 Å². The van der Waals surface area contributed by atoms with Crippen molar-refractivity contribution >= 4 is 11.2 Å². The zero-order valence-electron chi connectivity index (χ0n) is 12.6. The van der Waals surface area contributed by atoms with Crippen molar-refractivity contribution in [1.82, 2.24) is 29.2 Å². The molecule has 0 saturated heterocycles. The number of aryl methyl sites for hydroxylation is 4. The van der Waals surface area contributed by atoms with E-state index in [9.17, 15) is 0 Å². The molecular formula is C16H16N6. The van der Waals surface area contributed by atoms with E-state index in [0.717, 1.165) is 46.7 Å². The fraction of sp³-hybridized carbons (Fsp3) is 0.250. The number of fused-ring (bicyclic) bond motifs is 2. The summed E-state index contributed by atoms with van der Waals surface area (Å²) in [6.07, 6.45) is 7.47. The van der Waals surface area contributed by atoms with E-state index in [0.29, 0.717) is 0 Å². The molecule has 0 aliphatic carbocycles. The Bertz CT molecular complexity index is 963. The van der Waals surface area contributed by atoms with Crippen molar-refractivity contribution in [3.63, 3.8) is 0 Å². The normalized spacial score (nSPS) is 11.5. The summed E-state index contributed by atoms with van der Waals surface area (Å²) in [7, 11) is 0. The van der Waals surface area contributed by atoms with Gasteiger partial charge in [-0.15, -0.1) is 0 Å². The van der Waals surface area contributed by atoms with E-state index >= 15 is 0 Å². The van der Waals surface area contributed by atoms with Crippen molar-refractivity contribution in [2.24, 2.45) is 0 Å². The van der Waals surface area contributed by atoms with Gasteiger partial charge in [0.1, 0.15) is 6.33 Å². The molecule has 4 rings (SSSR count). The Kier molecular flexibility index (Phi) is 2.89. The van der Waals surface area contributed by atoms with Gasteiger partial charge in [-0.05, 0) is 44.4 Å². The first-order valence-corrected chi connectivity index (χ1v) is 7.29. The molecule has 6 heteroatoms. The number of aromatic nitrogens is 6. The minimum atomic E-state index is 0.869. The third kappa shape index (κ3) is 2.32. The molecule has 0 amide bonds. The first-order valence-electron chi connectivity index (χ1n) is 7.29. The number of hydrogen-bond donors (Lipinski definition) is 0. The van der Waals surface area contributed by atoms with E-state index in [4.69, 9.17) is 0 Å². The molecule has 22 heavy (non-hydrogen) atoms.